The van der Waals surface area contributed by atoms with Gasteiger partial charge in [0.05, 0.1) is 0 Å². The lowest BCUT2D eigenvalue weighted by molar-refractivity contribution is 0.305. The first kappa shape index (κ1) is 11.0. The third-order valence-electron chi connectivity index (χ3n) is 2.11. The second-order valence-electron chi connectivity index (χ2n) is 3.42. The summed E-state index contributed by atoms with van der Waals surface area (Å²) in [5.74, 6) is 1.06. The Bertz CT molecular complexity index is 437. The van der Waals surface area contributed by atoms with Gasteiger partial charge in [-0.05, 0) is 35.9 Å². The summed E-state index contributed by atoms with van der Waals surface area (Å²) in [7, 11) is 0. The van der Waals surface area contributed by atoms with Gasteiger partial charge in [0.1, 0.15) is 18.1 Å². The van der Waals surface area contributed by atoms with Crippen molar-refractivity contribution in [1.82, 2.24) is 0 Å². The van der Waals surface area contributed by atoms with Crippen molar-refractivity contribution in [3.05, 3.63) is 58.6 Å². The van der Waals surface area contributed by atoms with Gasteiger partial charge >= 0.3 is 0 Å². The first-order chi connectivity index (χ1) is 7.74. The molecule has 0 aromatic heterocycles. The molecule has 3 heteroatoms. The van der Waals surface area contributed by atoms with Gasteiger partial charge in [0.2, 0.25) is 0 Å². The number of halogens is 1. The zero-order valence-electron chi connectivity index (χ0n) is 8.56. The summed E-state index contributed by atoms with van der Waals surface area (Å²) in [6.45, 7) is 0.449. The minimum Gasteiger partial charge on any atom is -0.508 e. The smallest absolute Gasteiger partial charge is 0.120 e. The van der Waals surface area contributed by atoms with Gasteiger partial charge < -0.3 is 9.84 Å². The molecule has 0 saturated carbocycles. The van der Waals surface area contributed by atoms with E-state index >= 15 is 0 Å². The Labute approximate surface area is 103 Å². The number of phenols is 1. The number of aromatic hydroxyl groups is 1. The van der Waals surface area contributed by atoms with E-state index in [2.05, 4.69) is 15.9 Å². The second kappa shape index (κ2) is 5.03. The van der Waals surface area contributed by atoms with Crippen molar-refractivity contribution in [2.24, 2.45) is 0 Å². The largest absolute Gasteiger partial charge is 0.508 e. The molecule has 0 aliphatic heterocycles. The number of rotatable bonds is 3. The molecule has 2 aromatic rings. The van der Waals surface area contributed by atoms with Gasteiger partial charge in [0.25, 0.3) is 0 Å². The fourth-order valence-electron chi connectivity index (χ4n) is 1.37. The quantitative estimate of drug-likeness (QED) is 0.927. The van der Waals surface area contributed by atoms with Crippen molar-refractivity contribution in [2.75, 3.05) is 0 Å². The average Bonchev–Trinajstić information content (AvgIpc) is 2.27. The Balaban J connectivity index is 2.02. The Hall–Kier alpha value is -1.48. The Morgan fingerprint density at radius 2 is 1.88 bits per heavy atom. The molecule has 1 N–H and O–H groups in total. The van der Waals surface area contributed by atoms with Crippen molar-refractivity contribution in [3.63, 3.8) is 0 Å². The van der Waals surface area contributed by atoms with Crippen LogP contribution in [0.5, 0.6) is 11.5 Å². The molecule has 0 heterocycles. The van der Waals surface area contributed by atoms with Gasteiger partial charge in [0, 0.05) is 4.47 Å². The molecular weight excluding hydrogens is 268 g/mol. The van der Waals surface area contributed by atoms with E-state index in [1.807, 2.05) is 30.3 Å². The second-order valence-corrected chi connectivity index (χ2v) is 4.33. The minimum absolute atomic E-state index is 0.260. The zero-order valence-corrected chi connectivity index (χ0v) is 10.1. The molecule has 0 aliphatic carbocycles. The van der Waals surface area contributed by atoms with E-state index in [9.17, 15) is 5.11 Å². The number of hydrogen-bond donors (Lipinski definition) is 1. The molecule has 2 nitrogen and oxygen atoms in total. The highest BCUT2D eigenvalue weighted by Crippen LogP contribution is 2.19. The fourth-order valence-corrected chi connectivity index (χ4v) is 1.75. The van der Waals surface area contributed by atoms with E-state index < -0.39 is 0 Å². The lowest BCUT2D eigenvalue weighted by Crippen LogP contribution is -1.94. The van der Waals surface area contributed by atoms with E-state index in [0.29, 0.717) is 6.61 Å². The summed E-state index contributed by atoms with van der Waals surface area (Å²) < 4.78 is 6.57. The lowest BCUT2D eigenvalue weighted by Gasteiger charge is -2.06. The SMILES string of the molecule is Oc1cccc(COc2cccc(Br)c2)c1. The molecular formula is C13H11BrO2. The summed E-state index contributed by atoms with van der Waals surface area (Å²) in [5.41, 5.74) is 0.944. The van der Waals surface area contributed by atoms with Gasteiger partial charge in [0.15, 0.2) is 0 Å². The molecule has 0 aliphatic rings. The van der Waals surface area contributed by atoms with Crippen LogP contribution in [0.1, 0.15) is 5.56 Å². The number of hydrogen-bond acceptors (Lipinski definition) is 2. The van der Waals surface area contributed by atoms with Crippen LogP contribution in [0.2, 0.25) is 0 Å². The Morgan fingerprint density at radius 1 is 1.06 bits per heavy atom. The summed E-state index contributed by atoms with van der Waals surface area (Å²) >= 11 is 3.38. The van der Waals surface area contributed by atoms with E-state index in [-0.39, 0.29) is 5.75 Å². The topological polar surface area (TPSA) is 29.5 Å². The highest BCUT2D eigenvalue weighted by molar-refractivity contribution is 9.10. The molecule has 0 bridgehead atoms. The van der Waals surface area contributed by atoms with Crippen LogP contribution in [-0.2, 0) is 6.61 Å². The molecule has 2 rings (SSSR count). The van der Waals surface area contributed by atoms with Crippen LogP contribution < -0.4 is 4.74 Å². The van der Waals surface area contributed by atoms with Gasteiger partial charge in [-0.15, -0.1) is 0 Å². The van der Waals surface area contributed by atoms with Crippen LogP contribution in [0.3, 0.4) is 0 Å². The van der Waals surface area contributed by atoms with Crippen LogP contribution in [0, 0.1) is 0 Å². The Kier molecular flexibility index (Phi) is 3.47. The van der Waals surface area contributed by atoms with Gasteiger partial charge in [-0.25, -0.2) is 0 Å². The monoisotopic (exact) mass is 278 g/mol. The highest BCUT2D eigenvalue weighted by Gasteiger charge is 1.97. The third kappa shape index (κ3) is 3.00. The highest BCUT2D eigenvalue weighted by atomic mass is 79.9. The maximum Gasteiger partial charge on any atom is 0.120 e. The van der Waals surface area contributed by atoms with Gasteiger partial charge in [-0.1, -0.05) is 34.1 Å². The average molecular weight is 279 g/mol. The Morgan fingerprint density at radius 3 is 2.62 bits per heavy atom. The molecule has 0 amide bonds. The van der Waals surface area contributed by atoms with Crippen molar-refractivity contribution in [2.45, 2.75) is 6.61 Å². The standard InChI is InChI=1S/C13H11BrO2/c14-11-4-2-6-13(8-11)16-9-10-3-1-5-12(15)7-10/h1-8,15H,9H2. The maximum atomic E-state index is 9.29. The van der Waals surface area contributed by atoms with Crippen LogP contribution in [0.15, 0.2) is 53.0 Å². The van der Waals surface area contributed by atoms with Gasteiger partial charge in [-0.3, -0.25) is 0 Å². The zero-order chi connectivity index (χ0) is 11.4. The van der Waals surface area contributed by atoms with Crippen LogP contribution in [-0.4, -0.2) is 5.11 Å². The maximum absolute atomic E-state index is 9.29. The van der Waals surface area contributed by atoms with Crippen LogP contribution >= 0.6 is 15.9 Å². The predicted octanol–water partition coefficient (Wildman–Crippen LogP) is 3.73. The first-order valence-corrected chi connectivity index (χ1v) is 5.69. The molecule has 0 atom stereocenters. The first-order valence-electron chi connectivity index (χ1n) is 4.90. The number of ether oxygens (including phenoxy) is 1. The van der Waals surface area contributed by atoms with Crippen molar-refractivity contribution in [1.29, 1.82) is 0 Å². The minimum atomic E-state index is 0.260. The molecule has 0 spiro atoms. The normalized spacial score (nSPS) is 10.1. The van der Waals surface area contributed by atoms with E-state index in [1.165, 1.54) is 0 Å². The number of benzene rings is 2. The van der Waals surface area contributed by atoms with E-state index in [1.54, 1.807) is 18.2 Å². The molecule has 0 unspecified atom stereocenters. The summed E-state index contributed by atoms with van der Waals surface area (Å²) in [6, 6.07) is 14.7. The molecule has 0 saturated heterocycles. The van der Waals surface area contributed by atoms with Crippen LogP contribution in [0.25, 0.3) is 0 Å². The molecule has 0 radical (unpaired) electrons. The van der Waals surface area contributed by atoms with E-state index in [4.69, 9.17) is 4.74 Å². The van der Waals surface area contributed by atoms with Gasteiger partial charge in [-0.2, -0.15) is 0 Å². The molecule has 2 aromatic carbocycles. The lowest BCUT2D eigenvalue weighted by atomic mass is 10.2. The third-order valence-corrected chi connectivity index (χ3v) is 2.61. The summed E-state index contributed by atoms with van der Waals surface area (Å²) in [4.78, 5) is 0. The summed E-state index contributed by atoms with van der Waals surface area (Å²) in [5, 5.41) is 9.29. The van der Waals surface area contributed by atoms with Crippen molar-refractivity contribution < 1.29 is 9.84 Å². The van der Waals surface area contributed by atoms with Crippen molar-refractivity contribution >= 4 is 15.9 Å². The van der Waals surface area contributed by atoms with Crippen LogP contribution in [0.4, 0.5) is 0 Å². The predicted molar refractivity (Wildman–Crippen MR) is 66.6 cm³/mol. The number of phenolic OH excluding ortho intramolecular Hbond substituents is 1. The molecule has 16 heavy (non-hydrogen) atoms. The van der Waals surface area contributed by atoms with Crippen molar-refractivity contribution in [3.8, 4) is 11.5 Å². The molecule has 0 fully saturated rings. The fraction of sp³-hybridized carbons (Fsp3) is 0.0769. The van der Waals surface area contributed by atoms with E-state index in [0.717, 1.165) is 15.8 Å². The molecule has 82 valence electrons. The summed E-state index contributed by atoms with van der Waals surface area (Å²) in [6.07, 6.45) is 0.